The van der Waals surface area contributed by atoms with Crippen molar-refractivity contribution in [2.24, 2.45) is 0 Å². The summed E-state index contributed by atoms with van der Waals surface area (Å²) in [5.41, 5.74) is 3.82. The number of rotatable bonds is 7. The summed E-state index contributed by atoms with van der Waals surface area (Å²) in [5.74, 6) is 2.07. The molecule has 0 saturated carbocycles. The van der Waals surface area contributed by atoms with Gasteiger partial charge in [-0.1, -0.05) is 0 Å². The molecule has 0 aliphatic heterocycles. The van der Waals surface area contributed by atoms with E-state index in [9.17, 15) is 4.79 Å². The van der Waals surface area contributed by atoms with Crippen molar-refractivity contribution in [3.8, 4) is 17.3 Å². The Labute approximate surface area is 191 Å². The van der Waals surface area contributed by atoms with Gasteiger partial charge in [0.1, 0.15) is 11.5 Å². The van der Waals surface area contributed by atoms with Crippen LogP contribution < -0.4 is 20.1 Å². The highest BCUT2D eigenvalue weighted by atomic mass is 16.5. The third-order valence-corrected chi connectivity index (χ3v) is 4.91. The van der Waals surface area contributed by atoms with Crippen LogP contribution in [-0.2, 0) is 0 Å². The summed E-state index contributed by atoms with van der Waals surface area (Å²) >= 11 is 0. The summed E-state index contributed by atoms with van der Waals surface area (Å²) in [6.07, 6.45) is 0. The van der Waals surface area contributed by atoms with Crippen LogP contribution in [0, 0.1) is 13.8 Å². The van der Waals surface area contributed by atoms with E-state index in [4.69, 9.17) is 9.47 Å². The van der Waals surface area contributed by atoms with Crippen molar-refractivity contribution in [1.29, 1.82) is 0 Å². The van der Waals surface area contributed by atoms with E-state index in [0.29, 0.717) is 34.4 Å². The molecular weight excluding hydrogens is 420 g/mol. The third-order valence-electron chi connectivity index (χ3n) is 4.91. The molecule has 0 saturated heterocycles. The maximum atomic E-state index is 12.6. The molecule has 0 fully saturated rings. The molecule has 9 heteroatoms. The van der Waals surface area contributed by atoms with E-state index < -0.39 is 0 Å². The Morgan fingerprint density at radius 2 is 1.52 bits per heavy atom. The molecule has 168 valence electrons. The minimum Gasteiger partial charge on any atom is -0.497 e. The summed E-state index contributed by atoms with van der Waals surface area (Å²) in [4.78, 5) is 12.6. The van der Waals surface area contributed by atoms with E-state index in [-0.39, 0.29) is 5.91 Å². The van der Waals surface area contributed by atoms with E-state index >= 15 is 0 Å². The number of carbonyl (C=O) groups excluding carboxylic acids is 1. The molecule has 4 aromatic rings. The van der Waals surface area contributed by atoms with Crippen LogP contribution in [-0.4, -0.2) is 40.1 Å². The van der Waals surface area contributed by atoms with Crippen molar-refractivity contribution < 1.29 is 14.3 Å². The fourth-order valence-electron chi connectivity index (χ4n) is 3.29. The molecule has 0 aliphatic carbocycles. The Morgan fingerprint density at radius 3 is 2.06 bits per heavy atom. The number of hydrogen-bond acceptors (Lipinski definition) is 7. The molecule has 2 N–H and O–H groups in total. The van der Waals surface area contributed by atoms with E-state index in [1.165, 1.54) is 0 Å². The van der Waals surface area contributed by atoms with Crippen LogP contribution in [0.5, 0.6) is 11.5 Å². The highest BCUT2D eigenvalue weighted by molar-refractivity contribution is 6.04. The zero-order valence-electron chi connectivity index (χ0n) is 18.8. The number of nitrogens with zero attached hydrogens (tertiary/aromatic N) is 4. The average Bonchev–Trinajstić information content (AvgIpc) is 3.18. The molecule has 2 aromatic carbocycles. The van der Waals surface area contributed by atoms with Crippen molar-refractivity contribution in [2.45, 2.75) is 13.8 Å². The largest absolute Gasteiger partial charge is 0.497 e. The molecule has 4 rings (SSSR count). The van der Waals surface area contributed by atoms with Gasteiger partial charge in [-0.3, -0.25) is 4.79 Å². The van der Waals surface area contributed by atoms with Crippen LogP contribution >= 0.6 is 0 Å². The molecule has 0 unspecified atom stereocenters. The van der Waals surface area contributed by atoms with Crippen LogP contribution in [0.2, 0.25) is 0 Å². The number of anilines is 3. The Morgan fingerprint density at radius 1 is 0.848 bits per heavy atom. The molecule has 0 atom stereocenters. The minimum absolute atomic E-state index is 0.265. The number of methoxy groups -OCH3 is 2. The summed E-state index contributed by atoms with van der Waals surface area (Å²) in [5, 5.41) is 19.0. The van der Waals surface area contributed by atoms with Crippen molar-refractivity contribution in [2.75, 3.05) is 24.9 Å². The topological polar surface area (TPSA) is 103 Å². The summed E-state index contributed by atoms with van der Waals surface area (Å²) in [6.45, 7) is 3.91. The van der Waals surface area contributed by atoms with Gasteiger partial charge in [0.05, 0.1) is 19.9 Å². The molecule has 0 radical (unpaired) electrons. The van der Waals surface area contributed by atoms with Crippen LogP contribution in [0.1, 0.15) is 21.7 Å². The Balaban J connectivity index is 1.41. The second-order valence-electron chi connectivity index (χ2n) is 7.37. The fourth-order valence-corrected chi connectivity index (χ4v) is 3.29. The molecular formula is C24H24N6O3. The maximum Gasteiger partial charge on any atom is 0.255 e. The number of benzene rings is 2. The van der Waals surface area contributed by atoms with Crippen molar-refractivity contribution in [3.63, 3.8) is 0 Å². The molecule has 0 aliphatic rings. The molecule has 2 aromatic heterocycles. The monoisotopic (exact) mass is 444 g/mol. The van der Waals surface area contributed by atoms with Crippen molar-refractivity contribution in [1.82, 2.24) is 20.0 Å². The molecule has 9 nitrogen and oxygen atoms in total. The van der Waals surface area contributed by atoms with Gasteiger partial charge in [0, 0.05) is 28.7 Å². The van der Waals surface area contributed by atoms with E-state index in [2.05, 4.69) is 25.9 Å². The summed E-state index contributed by atoms with van der Waals surface area (Å²) in [7, 11) is 3.08. The molecule has 1 amide bonds. The normalized spacial score (nSPS) is 10.5. The van der Waals surface area contributed by atoms with Gasteiger partial charge in [-0.05, 0) is 68.4 Å². The fraction of sp³-hybridized carbons (Fsp3) is 0.167. The van der Waals surface area contributed by atoms with E-state index in [1.807, 2.05) is 44.2 Å². The van der Waals surface area contributed by atoms with E-state index in [1.54, 1.807) is 49.2 Å². The first kappa shape index (κ1) is 21.8. The standard InChI is InChI=1S/C24H24N6O3/c1-15-11-16(2)30(29-15)23-10-9-22(27-28-23)25-18-5-7-19(8-6-18)26-24(31)17-12-20(32-3)14-21(13-17)33-4/h5-14H,1-4H3,(H,25,27)(H,26,31). The molecule has 33 heavy (non-hydrogen) atoms. The number of ether oxygens (including phenoxy) is 2. The van der Waals surface area contributed by atoms with Crippen molar-refractivity contribution >= 4 is 23.1 Å². The van der Waals surface area contributed by atoms with Gasteiger partial charge < -0.3 is 20.1 Å². The lowest BCUT2D eigenvalue weighted by Gasteiger charge is -2.10. The lowest BCUT2D eigenvalue weighted by molar-refractivity contribution is 0.102. The smallest absolute Gasteiger partial charge is 0.255 e. The summed E-state index contributed by atoms with van der Waals surface area (Å²) < 4.78 is 12.2. The zero-order chi connectivity index (χ0) is 23.4. The first-order chi connectivity index (χ1) is 15.9. The highest BCUT2D eigenvalue weighted by Gasteiger charge is 2.11. The lowest BCUT2D eigenvalue weighted by atomic mass is 10.1. The SMILES string of the molecule is COc1cc(OC)cc(C(=O)Nc2ccc(Nc3ccc(-n4nc(C)cc4C)nn3)cc2)c1. The van der Waals surface area contributed by atoms with Gasteiger partial charge in [-0.2, -0.15) is 5.10 Å². The first-order valence-electron chi connectivity index (χ1n) is 10.2. The van der Waals surface area contributed by atoms with Crippen molar-refractivity contribution in [3.05, 3.63) is 77.6 Å². The van der Waals surface area contributed by atoms with Gasteiger partial charge in [-0.15, -0.1) is 10.2 Å². The zero-order valence-corrected chi connectivity index (χ0v) is 18.8. The quantitative estimate of drug-likeness (QED) is 0.438. The van der Waals surface area contributed by atoms with Crippen LogP contribution in [0.3, 0.4) is 0 Å². The number of hydrogen-bond donors (Lipinski definition) is 2. The second kappa shape index (κ2) is 9.39. The van der Waals surface area contributed by atoms with Crippen LogP contribution in [0.4, 0.5) is 17.2 Å². The number of aryl methyl sites for hydroxylation is 2. The van der Waals surface area contributed by atoms with Gasteiger partial charge in [0.2, 0.25) is 0 Å². The third kappa shape index (κ3) is 5.09. The van der Waals surface area contributed by atoms with Gasteiger partial charge in [0.25, 0.3) is 5.91 Å². The number of aromatic nitrogens is 4. The van der Waals surface area contributed by atoms with Gasteiger partial charge in [0.15, 0.2) is 11.6 Å². The second-order valence-corrected chi connectivity index (χ2v) is 7.37. The Hall–Kier alpha value is -4.40. The average molecular weight is 444 g/mol. The number of amides is 1. The predicted molar refractivity (Wildman–Crippen MR) is 126 cm³/mol. The van der Waals surface area contributed by atoms with Gasteiger partial charge >= 0.3 is 0 Å². The Kier molecular flexibility index (Phi) is 6.21. The van der Waals surface area contributed by atoms with Crippen LogP contribution in [0.25, 0.3) is 5.82 Å². The molecule has 2 heterocycles. The van der Waals surface area contributed by atoms with E-state index in [0.717, 1.165) is 17.1 Å². The molecule has 0 spiro atoms. The van der Waals surface area contributed by atoms with Gasteiger partial charge in [-0.25, -0.2) is 4.68 Å². The number of carbonyl (C=O) groups is 1. The molecule has 0 bridgehead atoms. The minimum atomic E-state index is -0.265. The highest BCUT2D eigenvalue weighted by Crippen LogP contribution is 2.24. The lowest BCUT2D eigenvalue weighted by Crippen LogP contribution is -2.12. The number of nitrogens with one attached hydrogen (secondary N) is 2. The predicted octanol–water partition coefficient (Wildman–Crippen LogP) is 4.29. The first-order valence-corrected chi connectivity index (χ1v) is 10.2. The summed E-state index contributed by atoms with van der Waals surface area (Å²) in [6, 6.07) is 18.0. The van der Waals surface area contributed by atoms with Crippen LogP contribution in [0.15, 0.2) is 60.7 Å². The maximum absolute atomic E-state index is 12.6. The Bertz CT molecular complexity index is 1240.